The van der Waals surface area contributed by atoms with Crippen LogP contribution in [0.3, 0.4) is 0 Å². The highest BCUT2D eigenvalue weighted by molar-refractivity contribution is 5.71. The SMILES string of the molecule is CCCCC(C)CCC(F)C(=O)O. The molecule has 2 unspecified atom stereocenters. The molecule has 0 aromatic heterocycles. The Morgan fingerprint density at radius 3 is 2.46 bits per heavy atom. The van der Waals surface area contributed by atoms with E-state index in [1.165, 1.54) is 0 Å². The largest absolute Gasteiger partial charge is 0.479 e. The van der Waals surface area contributed by atoms with E-state index in [9.17, 15) is 9.18 Å². The van der Waals surface area contributed by atoms with Gasteiger partial charge in [-0.05, 0) is 18.8 Å². The van der Waals surface area contributed by atoms with Crippen molar-refractivity contribution in [3.8, 4) is 0 Å². The summed E-state index contributed by atoms with van der Waals surface area (Å²) >= 11 is 0. The van der Waals surface area contributed by atoms with Gasteiger partial charge in [0.2, 0.25) is 0 Å². The minimum absolute atomic E-state index is 0.153. The molecule has 2 atom stereocenters. The van der Waals surface area contributed by atoms with Gasteiger partial charge in [-0.15, -0.1) is 0 Å². The summed E-state index contributed by atoms with van der Waals surface area (Å²) in [5.74, 6) is -0.889. The van der Waals surface area contributed by atoms with Gasteiger partial charge >= 0.3 is 5.97 Å². The van der Waals surface area contributed by atoms with Crippen molar-refractivity contribution < 1.29 is 14.3 Å². The van der Waals surface area contributed by atoms with Crippen molar-refractivity contribution in [2.75, 3.05) is 0 Å². The summed E-state index contributed by atoms with van der Waals surface area (Å²) < 4.78 is 12.6. The number of hydrogen-bond acceptors (Lipinski definition) is 1. The van der Waals surface area contributed by atoms with Gasteiger partial charge in [0.25, 0.3) is 0 Å². The van der Waals surface area contributed by atoms with Crippen LogP contribution in [-0.2, 0) is 4.79 Å². The predicted molar refractivity (Wildman–Crippen MR) is 50.5 cm³/mol. The number of hydrogen-bond donors (Lipinski definition) is 1. The van der Waals surface area contributed by atoms with Crippen molar-refractivity contribution in [3.63, 3.8) is 0 Å². The highest BCUT2D eigenvalue weighted by Gasteiger charge is 2.16. The molecule has 0 heterocycles. The van der Waals surface area contributed by atoms with Gasteiger partial charge in [-0.1, -0.05) is 33.1 Å². The average molecular weight is 190 g/mol. The molecule has 1 N–H and O–H groups in total. The van der Waals surface area contributed by atoms with Crippen LogP contribution in [0.5, 0.6) is 0 Å². The lowest BCUT2D eigenvalue weighted by atomic mass is 9.98. The van der Waals surface area contributed by atoms with E-state index >= 15 is 0 Å². The normalized spacial score (nSPS) is 15.3. The predicted octanol–water partition coefficient (Wildman–Crippen LogP) is 3.02. The van der Waals surface area contributed by atoms with Crippen LogP contribution in [0, 0.1) is 5.92 Å². The fourth-order valence-corrected chi connectivity index (χ4v) is 1.25. The van der Waals surface area contributed by atoms with Crippen molar-refractivity contribution in [1.82, 2.24) is 0 Å². The topological polar surface area (TPSA) is 37.3 Å². The van der Waals surface area contributed by atoms with Gasteiger partial charge < -0.3 is 5.11 Å². The van der Waals surface area contributed by atoms with Gasteiger partial charge in [-0.3, -0.25) is 0 Å². The number of alkyl halides is 1. The summed E-state index contributed by atoms with van der Waals surface area (Å²) in [7, 11) is 0. The lowest BCUT2D eigenvalue weighted by molar-refractivity contribution is -0.143. The second-order valence-electron chi connectivity index (χ2n) is 3.63. The highest BCUT2D eigenvalue weighted by Crippen LogP contribution is 2.16. The number of carboxylic acid groups (broad SMARTS) is 1. The molecule has 0 saturated carbocycles. The molecular formula is C10H19FO2. The number of unbranched alkanes of at least 4 members (excludes halogenated alkanes) is 1. The smallest absolute Gasteiger partial charge is 0.338 e. The molecule has 0 amide bonds. The maximum atomic E-state index is 12.6. The summed E-state index contributed by atoms with van der Waals surface area (Å²) in [6.45, 7) is 4.16. The van der Waals surface area contributed by atoms with Crippen LogP contribution in [0.2, 0.25) is 0 Å². The molecule has 0 aromatic carbocycles. The second-order valence-corrected chi connectivity index (χ2v) is 3.63. The van der Waals surface area contributed by atoms with Gasteiger partial charge in [0.15, 0.2) is 6.17 Å². The summed E-state index contributed by atoms with van der Waals surface area (Å²) in [4.78, 5) is 10.2. The van der Waals surface area contributed by atoms with E-state index in [-0.39, 0.29) is 6.42 Å². The van der Waals surface area contributed by atoms with Crippen LogP contribution in [0.1, 0.15) is 46.0 Å². The molecule has 0 saturated heterocycles. The Morgan fingerprint density at radius 1 is 1.38 bits per heavy atom. The van der Waals surface area contributed by atoms with E-state index in [0.717, 1.165) is 19.3 Å². The van der Waals surface area contributed by atoms with Crippen LogP contribution in [0.4, 0.5) is 4.39 Å². The molecule has 0 rings (SSSR count). The summed E-state index contributed by atoms with van der Waals surface area (Å²) in [5, 5.41) is 8.30. The monoisotopic (exact) mass is 190 g/mol. The van der Waals surface area contributed by atoms with Crippen LogP contribution in [0.15, 0.2) is 0 Å². The van der Waals surface area contributed by atoms with Gasteiger partial charge in [0.05, 0.1) is 0 Å². The summed E-state index contributed by atoms with van der Waals surface area (Å²) in [6.07, 6.45) is 2.51. The first-order valence-electron chi connectivity index (χ1n) is 4.94. The number of rotatable bonds is 7. The number of aliphatic carboxylic acids is 1. The van der Waals surface area contributed by atoms with Crippen molar-refractivity contribution in [2.45, 2.75) is 52.1 Å². The fraction of sp³-hybridized carbons (Fsp3) is 0.900. The maximum absolute atomic E-state index is 12.6. The van der Waals surface area contributed by atoms with E-state index in [0.29, 0.717) is 12.3 Å². The Bertz CT molecular complexity index is 148. The summed E-state index contributed by atoms with van der Waals surface area (Å²) in [6, 6.07) is 0. The van der Waals surface area contributed by atoms with Gasteiger partial charge in [-0.25, -0.2) is 9.18 Å². The Balaban J connectivity index is 3.45. The minimum Gasteiger partial charge on any atom is -0.479 e. The van der Waals surface area contributed by atoms with Gasteiger partial charge in [-0.2, -0.15) is 0 Å². The van der Waals surface area contributed by atoms with Gasteiger partial charge in [0.1, 0.15) is 0 Å². The number of carboxylic acids is 1. The van der Waals surface area contributed by atoms with Crippen LogP contribution < -0.4 is 0 Å². The second kappa shape index (κ2) is 6.87. The van der Waals surface area contributed by atoms with E-state index < -0.39 is 12.1 Å². The molecule has 0 aliphatic heterocycles. The zero-order valence-electron chi connectivity index (χ0n) is 8.42. The third-order valence-corrected chi connectivity index (χ3v) is 2.23. The molecular weight excluding hydrogens is 171 g/mol. The number of halogens is 1. The maximum Gasteiger partial charge on any atom is 0.338 e. The van der Waals surface area contributed by atoms with Crippen molar-refractivity contribution in [3.05, 3.63) is 0 Å². The minimum atomic E-state index is -1.68. The van der Waals surface area contributed by atoms with Crippen molar-refractivity contribution in [2.24, 2.45) is 5.92 Å². The molecule has 0 radical (unpaired) electrons. The molecule has 3 heteroatoms. The molecule has 0 aliphatic carbocycles. The third-order valence-electron chi connectivity index (χ3n) is 2.23. The Hall–Kier alpha value is -0.600. The van der Waals surface area contributed by atoms with E-state index in [1.807, 2.05) is 6.92 Å². The quantitative estimate of drug-likeness (QED) is 0.670. The molecule has 0 aromatic rings. The zero-order chi connectivity index (χ0) is 10.3. The summed E-state index contributed by atoms with van der Waals surface area (Å²) in [5.41, 5.74) is 0. The molecule has 0 spiro atoms. The molecule has 2 nitrogen and oxygen atoms in total. The van der Waals surface area contributed by atoms with Crippen LogP contribution in [0.25, 0.3) is 0 Å². The fourth-order valence-electron chi connectivity index (χ4n) is 1.25. The van der Waals surface area contributed by atoms with E-state index in [4.69, 9.17) is 5.11 Å². The Kier molecular flexibility index (Phi) is 6.55. The lowest BCUT2D eigenvalue weighted by Crippen LogP contribution is -2.15. The molecule has 0 fully saturated rings. The Labute approximate surface area is 79.1 Å². The first-order chi connectivity index (χ1) is 6.07. The van der Waals surface area contributed by atoms with Crippen molar-refractivity contribution >= 4 is 5.97 Å². The van der Waals surface area contributed by atoms with E-state index in [1.54, 1.807) is 0 Å². The van der Waals surface area contributed by atoms with Crippen LogP contribution >= 0.6 is 0 Å². The molecule has 78 valence electrons. The third kappa shape index (κ3) is 6.55. The number of carbonyl (C=O) groups is 1. The first kappa shape index (κ1) is 12.4. The van der Waals surface area contributed by atoms with Crippen molar-refractivity contribution in [1.29, 1.82) is 0 Å². The van der Waals surface area contributed by atoms with Crippen LogP contribution in [-0.4, -0.2) is 17.2 Å². The first-order valence-corrected chi connectivity index (χ1v) is 4.94. The Morgan fingerprint density at radius 2 is 2.00 bits per heavy atom. The highest BCUT2D eigenvalue weighted by atomic mass is 19.1. The standard InChI is InChI=1S/C10H19FO2/c1-3-4-5-8(2)6-7-9(11)10(12)13/h8-9H,3-7H2,1-2H3,(H,12,13). The molecule has 0 bridgehead atoms. The van der Waals surface area contributed by atoms with E-state index in [2.05, 4.69) is 6.92 Å². The zero-order valence-corrected chi connectivity index (χ0v) is 8.42. The average Bonchev–Trinajstić information content (AvgIpc) is 2.10. The molecule has 0 aliphatic rings. The molecule has 13 heavy (non-hydrogen) atoms. The van der Waals surface area contributed by atoms with Gasteiger partial charge in [0, 0.05) is 0 Å². The lowest BCUT2D eigenvalue weighted by Gasteiger charge is -2.10.